The van der Waals surface area contributed by atoms with Crippen molar-refractivity contribution in [2.75, 3.05) is 24.2 Å². The minimum atomic E-state index is 0.476. The van der Waals surface area contributed by atoms with E-state index >= 15 is 0 Å². The molecule has 0 saturated heterocycles. The Hall–Kier alpha value is -1.83. The Balaban J connectivity index is 2.93. The van der Waals surface area contributed by atoms with Gasteiger partial charge >= 0.3 is 0 Å². The Morgan fingerprint density at radius 2 is 2.27 bits per heavy atom. The number of anilines is 2. The molecule has 0 fully saturated rings. The minimum absolute atomic E-state index is 0.476. The molecule has 0 aromatic carbocycles. The molecular formula is C10H15N5. The van der Waals surface area contributed by atoms with E-state index in [9.17, 15) is 0 Å². The highest BCUT2D eigenvalue weighted by Crippen LogP contribution is 2.20. The molecule has 5 nitrogen and oxygen atoms in total. The van der Waals surface area contributed by atoms with E-state index in [1.807, 2.05) is 18.9 Å². The summed E-state index contributed by atoms with van der Waals surface area (Å²) in [7, 11) is 1.90. The zero-order chi connectivity index (χ0) is 11.3. The van der Waals surface area contributed by atoms with Crippen LogP contribution in [0.15, 0.2) is 6.33 Å². The molecule has 1 rings (SSSR count). The molecule has 0 spiro atoms. The van der Waals surface area contributed by atoms with Crippen LogP contribution in [0.2, 0.25) is 0 Å². The number of hydrogen-bond donors (Lipinski definition) is 1. The smallest absolute Gasteiger partial charge is 0.137 e. The van der Waals surface area contributed by atoms with Crippen molar-refractivity contribution in [2.45, 2.75) is 19.8 Å². The highest BCUT2D eigenvalue weighted by Gasteiger charge is 2.10. The van der Waals surface area contributed by atoms with Crippen LogP contribution in [0.3, 0.4) is 0 Å². The molecule has 0 aliphatic carbocycles. The predicted octanol–water partition coefficient (Wildman–Crippen LogP) is 0.971. The monoisotopic (exact) mass is 205 g/mol. The third-order valence-electron chi connectivity index (χ3n) is 2.23. The molecule has 1 heterocycles. The van der Waals surface area contributed by atoms with E-state index in [-0.39, 0.29) is 0 Å². The van der Waals surface area contributed by atoms with Crippen LogP contribution in [0.5, 0.6) is 0 Å². The van der Waals surface area contributed by atoms with Gasteiger partial charge in [-0.25, -0.2) is 9.97 Å². The molecule has 0 radical (unpaired) electrons. The van der Waals surface area contributed by atoms with Crippen molar-refractivity contribution < 1.29 is 0 Å². The van der Waals surface area contributed by atoms with Gasteiger partial charge in [-0.2, -0.15) is 5.26 Å². The summed E-state index contributed by atoms with van der Waals surface area (Å²) in [6.07, 6.45) is 2.72. The highest BCUT2D eigenvalue weighted by molar-refractivity contribution is 5.56. The summed E-state index contributed by atoms with van der Waals surface area (Å²) in [6.45, 7) is 2.66. The predicted molar refractivity (Wildman–Crippen MR) is 59.3 cm³/mol. The summed E-state index contributed by atoms with van der Waals surface area (Å²) >= 11 is 0. The lowest BCUT2D eigenvalue weighted by Gasteiger charge is -2.19. The fourth-order valence-corrected chi connectivity index (χ4v) is 1.41. The summed E-state index contributed by atoms with van der Waals surface area (Å²) < 4.78 is 0. The van der Waals surface area contributed by atoms with Gasteiger partial charge < -0.3 is 10.6 Å². The maximum Gasteiger partial charge on any atom is 0.137 e. The molecule has 80 valence electrons. The number of rotatable bonds is 4. The van der Waals surface area contributed by atoms with Gasteiger partial charge in [-0.15, -0.1) is 0 Å². The van der Waals surface area contributed by atoms with Gasteiger partial charge in [-0.3, -0.25) is 0 Å². The first-order valence-corrected chi connectivity index (χ1v) is 4.88. The first-order valence-electron chi connectivity index (χ1n) is 4.88. The summed E-state index contributed by atoms with van der Waals surface area (Å²) in [4.78, 5) is 10.1. The van der Waals surface area contributed by atoms with Gasteiger partial charge in [0.05, 0.1) is 12.5 Å². The average Bonchev–Trinajstić information content (AvgIpc) is 2.25. The molecule has 5 heteroatoms. The van der Waals surface area contributed by atoms with Gasteiger partial charge in [-0.1, -0.05) is 6.92 Å². The van der Waals surface area contributed by atoms with E-state index in [1.54, 1.807) is 0 Å². The van der Waals surface area contributed by atoms with Crippen LogP contribution in [-0.4, -0.2) is 23.6 Å². The number of hydrogen-bond acceptors (Lipinski definition) is 5. The summed E-state index contributed by atoms with van der Waals surface area (Å²) in [5, 5.41) is 8.51. The normalized spacial score (nSPS) is 9.67. The zero-order valence-electron chi connectivity index (χ0n) is 9.06. The largest absolute Gasteiger partial charge is 0.383 e. The average molecular weight is 205 g/mol. The van der Waals surface area contributed by atoms with Crippen LogP contribution in [-0.2, 0) is 6.42 Å². The lowest BCUT2D eigenvalue weighted by molar-refractivity contribution is 0.864. The molecule has 0 aliphatic rings. The second-order valence-electron chi connectivity index (χ2n) is 3.24. The van der Waals surface area contributed by atoms with Gasteiger partial charge in [0.2, 0.25) is 0 Å². The van der Waals surface area contributed by atoms with Gasteiger partial charge in [0.25, 0.3) is 0 Å². The first-order chi connectivity index (χ1) is 7.20. The Labute approximate surface area is 89.6 Å². The topological polar surface area (TPSA) is 78.8 Å². The van der Waals surface area contributed by atoms with Crippen molar-refractivity contribution in [2.24, 2.45) is 0 Å². The lowest BCUT2D eigenvalue weighted by atomic mass is 10.2. The fourth-order valence-electron chi connectivity index (χ4n) is 1.41. The van der Waals surface area contributed by atoms with Crippen LogP contribution >= 0.6 is 0 Å². The molecular weight excluding hydrogens is 190 g/mol. The summed E-state index contributed by atoms with van der Waals surface area (Å²) in [5.74, 6) is 1.34. The maximum atomic E-state index is 8.51. The molecule has 0 unspecified atom stereocenters. The minimum Gasteiger partial charge on any atom is -0.383 e. The Bertz CT molecular complexity index is 369. The van der Waals surface area contributed by atoms with Crippen molar-refractivity contribution in [1.29, 1.82) is 5.26 Å². The first kappa shape index (κ1) is 11.2. The molecule has 15 heavy (non-hydrogen) atoms. The van der Waals surface area contributed by atoms with Gasteiger partial charge in [0.15, 0.2) is 0 Å². The number of nitriles is 1. The summed E-state index contributed by atoms with van der Waals surface area (Å²) in [6, 6.07) is 2.10. The molecule has 0 saturated carbocycles. The van der Waals surface area contributed by atoms with Crippen LogP contribution in [0.1, 0.15) is 18.9 Å². The van der Waals surface area contributed by atoms with Crippen LogP contribution in [0.25, 0.3) is 0 Å². The van der Waals surface area contributed by atoms with E-state index in [0.29, 0.717) is 18.8 Å². The van der Waals surface area contributed by atoms with Crippen molar-refractivity contribution in [3.05, 3.63) is 11.9 Å². The Kier molecular flexibility index (Phi) is 3.86. The number of nitrogen functional groups attached to an aromatic ring is 1. The maximum absolute atomic E-state index is 8.51. The Morgan fingerprint density at radius 1 is 1.53 bits per heavy atom. The zero-order valence-corrected chi connectivity index (χ0v) is 9.06. The van der Waals surface area contributed by atoms with Crippen molar-refractivity contribution in [3.63, 3.8) is 0 Å². The molecule has 0 atom stereocenters. The molecule has 2 N–H and O–H groups in total. The van der Waals surface area contributed by atoms with E-state index in [0.717, 1.165) is 17.8 Å². The quantitative estimate of drug-likeness (QED) is 0.792. The molecule has 0 bridgehead atoms. The van der Waals surface area contributed by atoms with E-state index < -0.39 is 0 Å². The van der Waals surface area contributed by atoms with E-state index in [1.165, 1.54) is 6.33 Å². The molecule has 1 aromatic heterocycles. The molecule has 0 aliphatic heterocycles. The van der Waals surface area contributed by atoms with Crippen molar-refractivity contribution in [1.82, 2.24) is 9.97 Å². The Morgan fingerprint density at radius 3 is 2.87 bits per heavy atom. The van der Waals surface area contributed by atoms with Crippen molar-refractivity contribution >= 4 is 11.6 Å². The van der Waals surface area contributed by atoms with E-state index in [2.05, 4.69) is 16.0 Å². The number of nitrogens with zero attached hydrogens (tertiary/aromatic N) is 4. The lowest BCUT2D eigenvalue weighted by Crippen LogP contribution is -2.21. The number of nitrogens with two attached hydrogens (primary N) is 1. The third-order valence-corrected chi connectivity index (χ3v) is 2.23. The van der Waals surface area contributed by atoms with Gasteiger partial charge in [-0.05, 0) is 6.42 Å². The SMILES string of the molecule is CCc1c(N)ncnc1N(C)CCC#N. The highest BCUT2D eigenvalue weighted by atomic mass is 15.2. The van der Waals surface area contributed by atoms with E-state index in [4.69, 9.17) is 11.0 Å². The standard InChI is InChI=1S/C10H15N5/c1-3-8-9(12)13-7-14-10(8)15(2)6-4-5-11/h7H,3-4,6H2,1-2H3,(H2,12,13,14). The van der Waals surface area contributed by atoms with Gasteiger partial charge in [0.1, 0.15) is 18.0 Å². The van der Waals surface area contributed by atoms with Crippen LogP contribution < -0.4 is 10.6 Å². The van der Waals surface area contributed by atoms with Crippen LogP contribution in [0, 0.1) is 11.3 Å². The molecule has 0 amide bonds. The van der Waals surface area contributed by atoms with Gasteiger partial charge in [0, 0.05) is 19.2 Å². The summed E-state index contributed by atoms with van der Waals surface area (Å²) in [5.41, 5.74) is 6.70. The fraction of sp³-hybridized carbons (Fsp3) is 0.500. The molecule has 1 aromatic rings. The second kappa shape index (κ2) is 5.15. The third kappa shape index (κ3) is 2.56. The number of aromatic nitrogens is 2. The van der Waals surface area contributed by atoms with Crippen molar-refractivity contribution in [3.8, 4) is 6.07 Å². The second-order valence-corrected chi connectivity index (χ2v) is 3.24. The van der Waals surface area contributed by atoms with Crippen LogP contribution in [0.4, 0.5) is 11.6 Å².